The van der Waals surface area contributed by atoms with Crippen LogP contribution in [0.1, 0.15) is 49.9 Å². The summed E-state index contributed by atoms with van der Waals surface area (Å²) >= 11 is 0. The quantitative estimate of drug-likeness (QED) is 0.514. The number of ether oxygens (including phenoxy) is 1. The Labute approximate surface area is 188 Å². The number of hydrogen-bond donors (Lipinski definition) is 3. The SMILES string of the molecule is CC(C)(C)Cc1ccc2c(c1)[C@@H](NC[C@@H](O)C(Cc1cc(F)cc(F)c1)NC=O)CCO2. The molecule has 0 saturated heterocycles. The summed E-state index contributed by atoms with van der Waals surface area (Å²) in [5, 5.41) is 16.7. The highest BCUT2D eigenvalue weighted by Crippen LogP contribution is 2.34. The number of carbonyl (C=O) groups excluding carboxylic acids is 1. The van der Waals surface area contributed by atoms with Gasteiger partial charge in [0, 0.05) is 30.6 Å². The lowest BCUT2D eigenvalue weighted by molar-refractivity contribution is -0.110. The molecule has 0 radical (unpaired) electrons. The van der Waals surface area contributed by atoms with E-state index in [0.29, 0.717) is 18.6 Å². The maximum Gasteiger partial charge on any atom is 0.207 e. The average Bonchev–Trinajstić information content (AvgIpc) is 2.69. The van der Waals surface area contributed by atoms with Gasteiger partial charge in [-0.05, 0) is 47.6 Å². The summed E-state index contributed by atoms with van der Waals surface area (Å²) < 4.78 is 32.8. The minimum atomic E-state index is -0.949. The Bertz CT molecular complexity index is 910. The highest BCUT2D eigenvalue weighted by atomic mass is 19.1. The molecule has 1 aliphatic heterocycles. The molecule has 0 spiro atoms. The second-order valence-electron chi connectivity index (χ2n) is 9.65. The van der Waals surface area contributed by atoms with Crippen LogP contribution in [0.3, 0.4) is 0 Å². The van der Waals surface area contributed by atoms with Gasteiger partial charge in [0.1, 0.15) is 17.4 Å². The molecule has 3 atom stereocenters. The van der Waals surface area contributed by atoms with Crippen LogP contribution in [-0.4, -0.2) is 36.8 Å². The fourth-order valence-electron chi connectivity index (χ4n) is 4.16. The molecule has 1 aliphatic rings. The van der Waals surface area contributed by atoms with Gasteiger partial charge in [0.25, 0.3) is 0 Å². The molecule has 0 aliphatic carbocycles. The van der Waals surface area contributed by atoms with Crippen molar-refractivity contribution in [2.75, 3.05) is 13.2 Å². The Morgan fingerprint density at radius 1 is 1.16 bits per heavy atom. The summed E-state index contributed by atoms with van der Waals surface area (Å²) in [5.74, 6) is -0.552. The molecule has 7 heteroatoms. The van der Waals surface area contributed by atoms with E-state index in [4.69, 9.17) is 4.74 Å². The van der Waals surface area contributed by atoms with Crippen molar-refractivity contribution in [1.82, 2.24) is 10.6 Å². The third kappa shape index (κ3) is 6.74. The first kappa shape index (κ1) is 24.1. The first-order chi connectivity index (χ1) is 15.1. The number of nitrogens with one attached hydrogen (secondary N) is 2. The Kier molecular flexibility index (Phi) is 7.85. The van der Waals surface area contributed by atoms with Crippen LogP contribution in [0, 0.1) is 17.0 Å². The topological polar surface area (TPSA) is 70.6 Å². The van der Waals surface area contributed by atoms with Crippen molar-refractivity contribution in [3.05, 3.63) is 64.7 Å². The Morgan fingerprint density at radius 3 is 2.53 bits per heavy atom. The number of aliphatic hydroxyl groups excluding tert-OH is 1. The van der Waals surface area contributed by atoms with Crippen LogP contribution < -0.4 is 15.4 Å². The zero-order chi connectivity index (χ0) is 23.3. The van der Waals surface area contributed by atoms with E-state index in [1.807, 2.05) is 6.07 Å². The van der Waals surface area contributed by atoms with Gasteiger partial charge in [0.05, 0.1) is 18.8 Å². The van der Waals surface area contributed by atoms with E-state index in [9.17, 15) is 18.7 Å². The number of amides is 1. The maximum atomic E-state index is 13.5. The second kappa shape index (κ2) is 10.4. The van der Waals surface area contributed by atoms with Gasteiger partial charge in [0.15, 0.2) is 0 Å². The molecule has 32 heavy (non-hydrogen) atoms. The predicted molar refractivity (Wildman–Crippen MR) is 120 cm³/mol. The van der Waals surface area contributed by atoms with Gasteiger partial charge in [0.2, 0.25) is 6.41 Å². The van der Waals surface area contributed by atoms with Crippen LogP contribution in [-0.2, 0) is 17.6 Å². The Balaban J connectivity index is 1.68. The number of hydrogen-bond acceptors (Lipinski definition) is 4. The van der Waals surface area contributed by atoms with Gasteiger partial charge in [-0.2, -0.15) is 0 Å². The van der Waals surface area contributed by atoms with Crippen molar-refractivity contribution in [3.63, 3.8) is 0 Å². The van der Waals surface area contributed by atoms with E-state index in [0.717, 1.165) is 30.2 Å². The first-order valence-electron chi connectivity index (χ1n) is 11.0. The lowest BCUT2D eigenvalue weighted by atomic mass is 9.86. The standard InChI is InChI=1S/C25H32F2N2O3/c1-25(2,3)13-16-4-5-24-20(10-16)21(6-7-32-24)28-14-23(31)22(29-15-30)11-17-8-18(26)12-19(27)9-17/h4-5,8-10,12,15,21-23,28,31H,6-7,11,13-14H2,1-3H3,(H,29,30)/t21-,22?,23+/m0/s1. The summed E-state index contributed by atoms with van der Waals surface area (Å²) in [6, 6.07) is 8.74. The van der Waals surface area contributed by atoms with Gasteiger partial charge < -0.3 is 20.5 Å². The van der Waals surface area contributed by atoms with Gasteiger partial charge >= 0.3 is 0 Å². The largest absolute Gasteiger partial charge is 0.493 e. The minimum absolute atomic E-state index is 0.00295. The van der Waals surface area contributed by atoms with Crippen molar-refractivity contribution < 1.29 is 23.4 Å². The van der Waals surface area contributed by atoms with E-state index >= 15 is 0 Å². The van der Waals surface area contributed by atoms with Crippen molar-refractivity contribution in [1.29, 1.82) is 0 Å². The van der Waals surface area contributed by atoms with Crippen LogP contribution >= 0.6 is 0 Å². The zero-order valence-electron chi connectivity index (χ0n) is 18.8. The highest BCUT2D eigenvalue weighted by Gasteiger charge is 2.25. The van der Waals surface area contributed by atoms with Crippen molar-refractivity contribution >= 4 is 6.41 Å². The van der Waals surface area contributed by atoms with Crippen molar-refractivity contribution in [2.24, 2.45) is 5.41 Å². The van der Waals surface area contributed by atoms with Crippen LogP contribution in [0.15, 0.2) is 36.4 Å². The van der Waals surface area contributed by atoms with Gasteiger partial charge in [-0.3, -0.25) is 4.79 Å². The van der Waals surface area contributed by atoms with E-state index in [1.54, 1.807) is 0 Å². The van der Waals surface area contributed by atoms with E-state index in [1.165, 1.54) is 17.7 Å². The van der Waals surface area contributed by atoms with E-state index in [-0.39, 0.29) is 24.4 Å². The third-order valence-corrected chi connectivity index (χ3v) is 5.55. The van der Waals surface area contributed by atoms with E-state index < -0.39 is 23.8 Å². The molecule has 0 aromatic heterocycles. The van der Waals surface area contributed by atoms with Gasteiger partial charge in [-0.1, -0.05) is 32.9 Å². The molecule has 5 nitrogen and oxygen atoms in total. The Morgan fingerprint density at radius 2 is 1.88 bits per heavy atom. The number of carbonyl (C=O) groups is 1. The van der Waals surface area contributed by atoms with Crippen LogP contribution in [0.2, 0.25) is 0 Å². The first-order valence-corrected chi connectivity index (χ1v) is 11.0. The summed E-state index contributed by atoms with van der Waals surface area (Å²) in [4.78, 5) is 11.1. The molecular weight excluding hydrogens is 414 g/mol. The third-order valence-electron chi connectivity index (χ3n) is 5.55. The summed E-state index contributed by atoms with van der Waals surface area (Å²) in [5.41, 5.74) is 2.80. The lowest BCUT2D eigenvalue weighted by Crippen LogP contribution is -2.47. The Hall–Kier alpha value is -2.51. The monoisotopic (exact) mass is 446 g/mol. The number of rotatable bonds is 9. The van der Waals surface area contributed by atoms with Crippen LogP contribution in [0.4, 0.5) is 8.78 Å². The average molecular weight is 447 g/mol. The molecule has 1 heterocycles. The van der Waals surface area contributed by atoms with Crippen LogP contribution in [0.25, 0.3) is 0 Å². The lowest BCUT2D eigenvalue weighted by Gasteiger charge is -2.30. The van der Waals surface area contributed by atoms with E-state index in [2.05, 4.69) is 43.5 Å². The molecule has 3 N–H and O–H groups in total. The molecule has 1 amide bonds. The second-order valence-corrected chi connectivity index (χ2v) is 9.65. The molecule has 2 aromatic carbocycles. The fourth-order valence-corrected chi connectivity index (χ4v) is 4.16. The van der Waals surface area contributed by atoms with Gasteiger partial charge in [-0.15, -0.1) is 0 Å². The molecule has 3 rings (SSSR count). The molecule has 1 unspecified atom stereocenters. The summed E-state index contributed by atoms with van der Waals surface area (Å²) in [6.07, 6.45) is 1.34. The molecule has 174 valence electrons. The van der Waals surface area contributed by atoms with Crippen molar-refractivity contribution in [2.45, 2.75) is 58.2 Å². The van der Waals surface area contributed by atoms with Crippen molar-refractivity contribution in [3.8, 4) is 5.75 Å². The highest BCUT2D eigenvalue weighted by molar-refractivity contribution is 5.47. The fraction of sp³-hybridized carbons (Fsp3) is 0.480. The van der Waals surface area contributed by atoms with Crippen LogP contribution in [0.5, 0.6) is 5.75 Å². The number of aliphatic hydroxyl groups is 1. The minimum Gasteiger partial charge on any atom is -0.493 e. The summed E-state index contributed by atoms with van der Waals surface area (Å²) in [7, 11) is 0. The molecule has 0 saturated carbocycles. The smallest absolute Gasteiger partial charge is 0.207 e. The zero-order valence-corrected chi connectivity index (χ0v) is 18.8. The van der Waals surface area contributed by atoms with Gasteiger partial charge in [-0.25, -0.2) is 8.78 Å². The molecule has 2 aromatic rings. The molecule has 0 fully saturated rings. The molecular formula is C25H32F2N2O3. The number of fused-ring (bicyclic) bond motifs is 1. The summed E-state index contributed by atoms with van der Waals surface area (Å²) in [6.45, 7) is 7.36. The molecule has 0 bridgehead atoms. The number of benzene rings is 2. The predicted octanol–water partition coefficient (Wildman–Crippen LogP) is 3.68. The number of halogens is 2. The maximum absolute atomic E-state index is 13.5. The normalized spacial score (nSPS) is 17.8.